The Morgan fingerprint density at radius 3 is 2.50 bits per heavy atom. The number of non-ortho nitro benzene ring substituents is 1. The molecule has 1 aromatic rings. The molecule has 1 aliphatic rings. The van der Waals surface area contributed by atoms with E-state index in [1.54, 1.807) is 6.92 Å². The Hall–Kier alpha value is -1.51. The van der Waals surface area contributed by atoms with Crippen molar-refractivity contribution in [2.45, 2.75) is 43.9 Å². The first-order valence-corrected chi connectivity index (χ1v) is 9.85. The molecular formula is C16H25N3O4S. The van der Waals surface area contributed by atoms with Crippen molar-refractivity contribution in [1.29, 1.82) is 0 Å². The van der Waals surface area contributed by atoms with Crippen LogP contribution in [0.1, 0.15) is 37.7 Å². The third-order valence-corrected chi connectivity index (χ3v) is 5.92. The van der Waals surface area contributed by atoms with Crippen LogP contribution >= 0.6 is 0 Å². The number of likely N-dealkylation sites (tertiary alicyclic amines) is 1. The number of aryl methyl sites for hydroxylation is 1. The van der Waals surface area contributed by atoms with Gasteiger partial charge in [0, 0.05) is 18.7 Å². The molecule has 1 aliphatic heterocycles. The minimum Gasteiger partial charge on any atom is -0.303 e. The Kier molecular flexibility index (Phi) is 6.70. The maximum Gasteiger partial charge on any atom is 0.270 e. The highest BCUT2D eigenvalue weighted by Crippen LogP contribution is 2.21. The van der Waals surface area contributed by atoms with Gasteiger partial charge in [0.1, 0.15) is 0 Å². The van der Waals surface area contributed by atoms with E-state index in [-0.39, 0.29) is 10.6 Å². The quantitative estimate of drug-likeness (QED) is 0.461. The number of nitro groups is 1. The summed E-state index contributed by atoms with van der Waals surface area (Å²) in [5.74, 6) is 0. The summed E-state index contributed by atoms with van der Waals surface area (Å²) >= 11 is 0. The van der Waals surface area contributed by atoms with Crippen molar-refractivity contribution in [1.82, 2.24) is 9.62 Å². The molecule has 0 spiro atoms. The zero-order chi connectivity index (χ0) is 17.6. The molecule has 1 heterocycles. The van der Waals surface area contributed by atoms with Crippen molar-refractivity contribution in [3.05, 3.63) is 33.9 Å². The Balaban J connectivity index is 1.91. The topological polar surface area (TPSA) is 92.5 Å². The van der Waals surface area contributed by atoms with Gasteiger partial charge in [0.2, 0.25) is 10.0 Å². The van der Waals surface area contributed by atoms with Crippen molar-refractivity contribution in [3.8, 4) is 0 Å². The van der Waals surface area contributed by atoms with Crippen LogP contribution < -0.4 is 4.72 Å². The second-order valence-corrected chi connectivity index (χ2v) is 7.95. The molecule has 0 saturated carbocycles. The van der Waals surface area contributed by atoms with Gasteiger partial charge in [-0.3, -0.25) is 10.1 Å². The molecule has 1 N–H and O–H groups in total. The summed E-state index contributed by atoms with van der Waals surface area (Å²) in [7, 11) is -3.73. The van der Waals surface area contributed by atoms with Crippen LogP contribution in [0.15, 0.2) is 23.1 Å². The smallest absolute Gasteiger partial charge is 0.270 e. The van der Waals surface area contributed by atoms with E-state index in [0.717, 1.165) is 32.1 Å². The van der Waals surface area contributed by atoms with E-state index in [2.05, 4.69) is 9.62 Å². The third-order valence-electron chi connectivity index (χ3n) is 4.31. The zero-order valence-electron chi connectivity index (χ0n) is 14.0. The Bertz CT molecular complexity index is 668. The lowest BCUT2D eigenvalue weighted by molar-refractivity contribution is -0.385. The van der Waals surface area contributed by atoms with Gasteiger partial charge in [0.05, 0.1) is 9.82 Å². The van der Waals surface area contributed by atoms with Gasteiger partial charge in [-0.15, -0.1) is 0 Å². The highest BCUT2D eigenvalue weighted by molar-refractivity contribution is 7.89. The number of nitrogens with zero attached hydrogens (tertiary/aromatic N) is 2. The molecule has 7 nitrogen and oxygen atoms in total. The molecular weight excluding hydrogens is 330 g/mol. The van der Waals surface area contributed by atoms with Gasteiger partial charge in [-0.1, -0.05) is 18.9 Å². The van der Waals surface area contributed by atoms with Crippen molar-refractivity contribution in [2.24, 2.45) is 0 Å². The maximum absolute atomic E-state index is 12.4. The lowest BCUT2D eigenvalue weighted by Gasteiger charge is -2.19. The molecule has 134 valence electrons. The molecule has 24 heavy (non-hydrogen) atoms. The average Bonchev–Trinajstić information content (AvgIpc) is 2.80. The highest BCUT2D eigenvalue weighted by atomic mass is 32.2. The van der Waals surface area contributed by atoms with Crippen molar-refractivity contribution in [3.63, 3.8) is 0 Å². The molecule has 2 rings (SSSR count). The first-order chi connectivity index (χ1) is 11.4. The fourth-order valence-electron chi connectivity index (χ4n) is 2.94. The second kappa shape index (κ2) is 8.55. The Labute approximate surface area is 143 Å². The molecule has 0 amide bonds. The number of sulfonamides is 1. The minimum atomic E-state index is -3.73. The van der Waals surface area contributed by atoms with Crippen LogP contribution in [0.3, 0.4) is 0 Å². The zero-order valence-corrected chi connectivity index (χ0v) is 14.8. The number of nitro benzene ring substituents is 1. The first-order valence-electron chi connectivity index (χ1n) is 8.37. The number of hydrogen-bond acceptors (Lipinski definition) is 5. The molecule has 8 heteroatoms. The lowest BCUT2D eigenvalue weighted by Crippen LogP contribution is -2.31. The summed E-state index contributed by atoms with van der Waals surface area (Å²) in [5, 5.41) is 10.8. The van der Waals surface area contributed by atoms with Crippen LogP contribution in [0.25, 0.3) is 0 Å². The molecule has 1 fully saturated rings. The normalized spacial score (nSPS) is 16.7. The predicted molar refractivity (Wildman–Crippen MR) is 92.5 cm³/mol. The van der Waals surface area contributed by atoms with Gasteiger partial charge in [-0.05, 0) is 51.4 Å². The molecule has 0 unspecified atom stereocenters. The number of benzene rings is 1. The van der Waals surface area contributed by atoms with Crippen LogP contribution in [0.4, 0.5) is 5.69 Å². The molecule has 0 atom stereocenters. The highest BCUT2D eigenvalue weighted by Gasteiger charge is 2.20. The second-order valence-electron chi connectivity index (χ2n) is 6.21. The van der Waals surface area contributed by atoms with Crippen LogP contribution in [-0.2, 0) is 10.0 Å². The fraction of sp³-hybridized carbons (Fsp3) is 0.625. The molecule has 1 saturated heterocycles. The van der Waals surface area contributed by atoms with E-state index in [9.17, 15) is 18.5 Å². The lowest BCUT2D eigenvalue weighted by atomic mass is 10.2. The summed E-state index contributed by atoms with van der Waals surface area (Å²) < 4.78 is 27.3. The fourth-order valence-corrected chi connectivity index (χ4v) is 4.27. The van der Waals surface area contributed by atoms with Gasteiger partial charge in [-0.25, -0.2) is 13.1 Å². The maximum atomic E-state index is 12.4. The predicted octanol–water partition coefficient (Wildman–Crippen LogP) is 2.45. The van der Waals surface area contributed by atoms with Crippen molar-refractivity contribution in [2.75, 3.05) is 26.2 Å². The molecule has 1 aromatic carbocycles. The monoisotopic (exact) mass is 355 g/mol. The van der Waals surface area contributed by atoms with Gasteiger partial charge in [0.15, 0.2) is 0 Å². The van der Waals surface area contributed by atoms with E-state index >= 15 is 0 Å². The number of nitrogens with one attached hydrogen (secondary N) is 1. The van der Waals surface area contributed by atoms with Gasteiger partial charge < -0.3 is 4.90 Å². The summed E-state index contributed by atoms with van der Waals surface area (Å²) in [6, 6.07) is 3.89. The van der Waals surface area contributed by atoms with Crippen molar-refractivity contribution >= 4 is 15.7 Å². The first kappa shape index (κ1) is 18.8. The van der Waals surface area contributed by atoms with Gasteiger partial charge in [0.25, 0.3) is 5.69 Å². The molecule has 0 radical (unpaired) electrons. The van der Waals surface area contributed by atoms with E-state index in [4.69, 9.17) is 0 Å². The third kappa shape index (κ3) is 5.25. The van der Waals surface area contributed by atoms with Crippen LogP contribution in [0, 0.1) is 17.0 Å². The average molecular weight is 355 g/mol. The van der Waals surface area contributed by atoms with Crippen LogP contribution in [0.2, 0.25) is 0 Å². The largest absolute Gasteiger partial charge is 0.303 e. The van der Waals surface area contributed by atoms with E-state index in [1.165, 1.54) is 37.8 Å². The van der Waals surface area contributed by atoms with Crippen LogP contribution in [0.5, 0.6) is 0 Å². The Morgan fingerprint density at radius 2 is 1.88 bits per heavy atom. The van der Waals surface area contributed by atoms with Crippen molar-refractivity contribution < 1.29 is 13.3 Å². The van der Waals surface area contributed by atoms with Crippen LogP contribution in [-0.4, -0.2) is 44.4 Å². The molecule has 0 aliphatic carbocycles. The van der Waals surface area contributed by atoms with E-state index in [1.807, 2.05) is 0 Å². The molecule has 0 bridgehead atoms. The molecule has 0 aromatic heterocycles. The van der Waals surface area contributed by atoms with E-state index in [0.29, 0.717) is 12.1 Å². The Morgan fingerprint density at radius 1 is 1.21 bits per heavy atom. The number of hydrogen-bond donors (Lipinski definition) is 1. The SMILES string of the molecule is Cc1ccc([N+](=O)[O-])cc1S(=O)(=O)NCCCN1CCCCCC1. The summed E-state index contributed by atoms with van der Waals surface area (Å²) in [6.07, 6.45) is 5.69. The summed E-state index contributed by atoms with van der Waals surface area (Å²) in [6.45, 7) is 5.00. The summed E-state index contributed by atoms with van der Waals surface area (Å²) in [5.41, 5.74) is 0.283. The van der Waals surface area contributed by atoms with Gasteiger partial charge in [-0.2, -0.15) is 0 Å². The van der Waals surface area contributed by atoms with E-state index < -0.39 is 14.9 Å². The minimum absolute atomic E-state index is 0.0218. The van der Waals surface area contributed by atoms with Gasteiger partial charge >= 0.3 is 0 Å². The standard InChI is InChI=1S/C16H25N3O4S/c1-14-7-8-15(19(20)21)13-16(14)24(22,23)17-9-6-12-18-10-4-2-3-5-11-18/h7-8,13,17H,2-6,9-12H2,1H3. The summed E-state index contributed by atoms with van der Waals surface area (Å²) in [4.78, 5) is 12.6. The number of rotatable bonds is 7.